The van der Waals surface area contributed by atoms with Crippen molar-refractivity contribution < 1.29 is 4.79 Å². The van der Waals surface area contributed by atoms with E-state index in [1.807, 2.05) is 42.5 Å². The molecule has 3 aromatic rings. The van der Waals surface area contributed by atoms with E-state index in [0.717, 1.165) is 48.0 Å². The quantitative estimate of drug-likeness (QED) is 0.461. The van der Waals surface area contributed by atoms with Crippen LogP contribution in [0.25, 0.3) is 0 Å². The highest BCUT2D eigenvalue weighted by atomic mass is 35.5. The number of carbonyl (C=O) groups excluding carboxylic acids is 1. The summed E-state index contributed by atoms with van der Waals surface area (Å²) in [5.41, 5.74) is 2.36. The summed E-state index contributed by atoms with van der Waals surface area (Å²) < 4.78 is 0. The molecule has 1 aliphatic rings. The Labute approximate surface area is 207 Å². The highest BCUT2D eigenvalue weighted by Crippen LogP contribution is 2.17. The largest absolute Gasteiger partial charge is 0.298 e. The van der Waals surface area contributed by atoms with Gasteiger partial charge in [-0.1, -0.05) is 60.4 Å². The highest BCUT2D eigenvalue weighted by Gasteiger charge is 2.19. The van der Waals surface area contributed by atoms with E-state index in [1.54, 1.807) is 11.3 Å². The van der Waals surface area contributed by atoms with E-state index in [0.29, 0.717) is 13.0 Å². The van der Waals surface area contributed by atoms with Crippen molar-refractivity contribution in [2.45, 2.75) is 13.0 Å². The van der Waals surface area contributed by atoms with Gasteiger partial charge in [0.25, 0.3) is 0 Å². The summed E-state index contributed by atoms with van der Waals surface area (Å²) in [6.07, 6.45) is 0.502. The first-order chi connectivity index (χ1) is 14.7. The molecule has 0 radical (unpaired) electrons. The van der Waals surface area contributed by atoms with E-state index in [-0.39, 0.29) is 30.6 Å². The number of piperazine rings is 1. The monoisotopic (exact) mass is 486 g/mol. The zero-order chi connectivity index (χ0) is 20.6. The second kappa shape index (κ2) is 13.4. The number of Topliss-reactive ketones (excluding diaryl/α,β-unsaturated/α-hetero) is 1. The molecule has 1 fully saturated rings. The Morgan fingerprint density at radius 1 is 0.781 bits per heavy atom. The lowest BCUT2D eigenvalue weighted by Crippen LogP contribution is -2.47. The zero-order valence-electron chi connectivity index (χ0n) is 17.9. The topological polar surface area (TPSA) is 23.6 Å². The maximum atomic E-state index is 12.6. The molecule has 0 N–H and O–H groups in total. The van der Waals surface area contributed by atoms with Crippen molar-refractivity contribution in [2.24, 2.45) is 0 Å². The fourth-order valence-electron chi connectivity index (χ4n) is 3.64. The first-order valence-electron chi connectivity index (χ1n) is 10.4. The van der Waals surface area contributed by atoms with Gasteiger partial charge in [-0.25, -0.2) is 0 Å². The van der Waals surface area contributed by atoms with Gasteiger partial charge in [-0.05, 0) is 29.8 Å². The summed E-state index contributed by atoms with van der Waals surface area (Å²) in [6, 6.07) is 24.6. The number of thiophene rings is 1. The molecule has 1 aromatic heterocycles. The van der Waals surface area contributed by atoms with E-state index in [1.165, 1.54) is 5.56 Å². The first-order valence-corrected chi connectivity index (χ1v) is 11.2. The van der Waals surface area contributed by atoms with Crippen molar-refractivity contribution in [3.8, 4) is 11.8 Å². The van der Waals surface area contributed by atoms with Gasteiger partial charge >= 0.3 is 0 Å². The fourth-order valence-corrected chi connectivity index (χ4v) is 4.53. The number of halogens is 2. The SMILES string of the molecule is Cl.Cl.O=C(Cc1ccc(C#Cc2ccccc2)s1)CN1CCN(Cc2ccccc2)CC1. The van der Waals surface area contributed by atoms with Crippen LogP contribution in [-0.4, -0.2) is 48.3 Å². The molecule has 3 nitrogen and oxygen atoms in total. The third-order valence-electron chi connectivity index (χ3n) is 5.25. The van der Waals surface area contributed by atoms with Crippen LogP contribution in [0.1, 0.15) is 20.9 Å². The average Bonchev–Trinajstić information content (AvgIpc) is 3.22. The maximum Gasteiger partial charge on any atom is 0.152 e. The number of hydrogen-bond acceptors (Lipinski definition) is 4. The van der Waals surface area contributed by atoms with E-state index in [9.17, 15) is 4.79 Å². The van der Waals surface area contributed by atoms with Crippen LogP contribution < -0.4 is 0 Å². The van der Waals surface area contributed by atoms with Crippen LogP contribution >= 0.6 is 36.2 Å². The summed E-state index contributed by atoms with van der Waals surface area (Å²) in [7, 11) is 0. The highest BCUT2D eigenvalue weighted by molar-refractivity contribution is 7.12. The summed E-state index contributed by atoms with van der Waals surface area (Å²) in [5.74, 6) is 6.67. The molecule has 1 saturated heterocycles. The minimum atomic E-state index is 0. The predicted octanol–water partition coefficient (Wildman–Crippen LogP) is 4.92. The fraction of sp³-hybridized carbons (Fsp3) is 0.269. The van der Waals surface area contributed by atoms with Gasteiger partial charge in [-0.15, -0.1) is 36.2 Å². The molecule has 0 aliphatic carbocycles. The summed E-state index contributed by atoms with van der Waals surface area (Å²) in [5, 5.41) is 0. The lowest BCUT2D eigenvalue weighted by molar-refractivity contribution is -0.120. The number of hydrogen-bond donors (Lipinski definition) is 0. The molecular formula is C26H28Cl2N2OS. The van der Waals surface area contributed by atoms with Gasteiger partial charge in [0.15, 0.2) is 5.78 Å². The molecule has 0 atom stereocenters. The van der Waals surface area contributed by atoms with Gasteiger partial charge in [0, 0.05) is 49.6 Å². The zero-order valence-corrected chi connectivity index (χ0v) is 20.4. The normalized spacial score (nSPS) is 13.9. The van der Waals surface area contributed by atoms with Gasteiger partial charge in [-0.2, -0.15) is 0 Å². The van der Waals surface area contributed by atoms with Crippen molar-refractivity contribution in [2.75, 3.05) is 32.7 Å². The Bertz CT molecular complexity index is 1020. The number of rotatable bonds is 6. The first kappa shape index (κ1) is 26.1. The molecule has 168 valence electrons. The van der Waals surface area contributed by atoms with Gasteiger partial charge in [-0.3, -0.25) is 14.6 Å². The summed E-state index contributed by atoms with van der Waals surface area (Å²) >= 11 is 1.62. The smallest absolute Gasteiger partial charge is 0.152 e. The lowest BCUT2D eigenvalue weighted by Gasteiger charge is -2.34. The molecule has 0 spiro atoms. The number of benzene rings is 2. The van der Waals surface area contributed by atoms with Gasteiger partial charge < -0.3 is 0 Å². The van der Waals surface area contributed by atoms with E-state index in [2.05, 4.69) is 52.0 Å². The van der Waals surface area contributed by atoms with Crippen LogP contribution in [0.15, 0.2) is 72.8 Å². The van der Waals surface area contributed by atoms with Crippen molar-refractivity contribution in [1.82, 2.24) is 9.80 Å². The van der Waals surface area contributed by atoms with Crippen LogP contribution in [0.5, 0.6) is 0 Å². The minimum absolute atomic E-state index is 0. The van der Waals surface area contributed by atoms with Crippen molar-refractivity contribution in [3.63, 3.8) is 0 Å². The molecule has 0 amide bonds. The molecule has 2 aromatic carbocycles. The Morgan fingerprint density at radius 2 is 1.41 bits per heavy atom. The van der Waals surface area contributed by atoms with E-state index < -0.39 is 0 Å². The van der Waals surface area contributed by atoms with Crippen LogP contribution in [0.3, 0.4) is 0 Å². The average molecular weight is 487 g/mol. The van der Waals surface area contributed by atoms with E-state index >= 15 is 0 Å². The maximum absolute atomic E-state index is 12.6. The van der Waals surface area contributed by atoms with Crippen molar-refractivity contribution >= 4 is 41.9 Å². The van der Waals surface area contributed by atoms with Crippen molar-refractivity contribution in [3.05, 3.63) is 93.7 Å². The number of carbonyl (C=O) groups is 1. The predicted molar refractivity (Wildman–Crippen MR) is 138 cm³/mol. The standard InChI is InChI=1S/C26H26N2OS.2ClH/c29-24(19-26-14-13-25(30-26)12-11-22-7-3-1-4-8-22)21-28-17-15-27(16-18-28)20-23-9-5-2-6-10-23;;/h1-10,13-14H,15-21H2;2*1H. The second-order valence-corrected chi connectivity index (χ2v) is 8.80. The van der Waals surface area contributed by atoms with Crippen LogP contribution in [0, 0.1) is 11.8 Å². The molecule has 0 unspecified atom stereocenters. The van der Waals surface area contributed by atoms with Crippen LogP contribution in [0.2, 0.25) is 0 Å². The number of nitrogens with zero attached hydrogens (tertiary/aromatic N) is 2. The molecule has 0 bridgehead atoms. The van der Waals surface area contributed by atoms with E-state index in [4.69, 9.17) is 0 Å². The van der Waals surface area contributed by atoms with Crippen LogP contribution in [-0.2, 0) is 17.8 Å². The molecular weight excluding hydrogens is 459 g/mol. The van der Waals surface area contributed by atoms with Gasteiger partial charge in [0.05, 0.1) is 11.4 Å². The Morgan fingerprint density at radius 3 is 2.09 bits per heavy atom. The third kappa shape index (κ3) is 8.09. The molecule has 4 rings (SSSR count). The molecule has 0 saturated carbocycles. The molecule has 2 heterocycles. The van der Waals surface area contributed by atoms with Gasteiger partial charge in [0.1, 0.15) is 0 Å². The Balaban J connectivity index is 0.00000181. The number of ketones is 1. The van der Waals surface area contributed by atoms with Crippen LogP contribution in [0.4, 0.5) is 0 Å². The third-order valence-corrected chi connectivity index (χ3v) is 6.25. The molecule has 32 heavy (non-hydrogen) atoms. The molecule has 1 aliphatic heterocycles. The Kier molecular flexibility index (Phi) is 11.0. The van der Waals surface area contributed by atoms with Crippen molar-refractivity contribution in [1.29, 1.82) is 0 Å². The summed E-state index contributed by atoms with van der Waals surface area (Å²) in [4.78, 5) is 19.4. The lowest BCUT2D eigenvalue weighted by atomic mass is 10.2. The molecule has 6 heteroatoms. The summed E-state index contributed by atoms with van der Waals surface area (Å²) in [6.45, 7) is 5.47. The second-order valence-electron chi connectivity index (χ2n) is 7.64. The Hall–Kier alpha value is -2.13. The minimum Gasteiger partial charge on any atom is -0.298 e. The van der Waals surface area contributed by atoms with Gasteiger partial charge in [0.2, 0.25) is 0 Å².